The summed E-state index contributed by atoms with van der Waals surface area (Å²) >= 11 is 12.3. The van der Waals surface area contributed by atoms with Crippen LogP contribution in [-0.2, 0) is 15.9 Å². The van der Waals surface area contributed by atoms with E-state index in [2.05, 4.69) is 10.4 Å². The Hall–Kier alpha value is -1.88. The molecule has 1 aromatic heterocycles. The van der Waals surface area contributed by atoms with Crippen molar-refractivity contribution in [2.45, 2.75) is 87.2 Å². The van der Waals surface area contributed by atoms with Crippen molar-refractivity contribution >= 4 is 29.1 Å². The molecule has 1 aliphatic carbocycles. The summed E-state index contributed by atoms with van der Waals surface area (Å²) in [6, 6.07) is 3.40. The van der Waals surface area contributed by atoms with Crippen LogP contribution in [-0.4, -0.2) is 119 Å². The zero-order valence-electron chi connectivity index (χ0n) is 22.2. The topological polar surface area (TPSA) is 207 Å². The summed E-state index contributed by atoms with van der Waals surface area (Å²) < 4.78 is 13.0. The Bertz CT molecular complexity index is 1200. The number of hydrogen-bond acceptors (Lipinski definition) is 11. The van der Waals surface area contributed by atoms with Gasteiger partial charge in [-0.2, -0.15) is 5.10 Å². The Morgan fingerprint density at radius 1 is 1.12 bits per heavy atom. The number of ether oxygens (including phenoxy) is 2. The largest absolute Gasteiger partial charge is 0.394 e. The Morgan fingerprint density at radius 2 is 1.80 bits per heavy atom. The number of carbonyl (C=O) groups excluding carboxylic acids is 1. The van der Waals surface area contributed by atoms with E-state index in [1.54, 1.807) is 18.2 Å². The number of aliphatic hydroxyl groups excluding tert-OH is 6. The van der Waals surface area contributed by atoms with Crippen LogP contribution in [0.15, 0.2) is 24.4 Å². The van der Waals surface area contributed by atoms with Crippen LogP contribution in [0.2, 0.25) is 10.0 Å². The fraction of sp³-hybridized carbons (Fsp3) is 0.615. The number of benzene rings is 1. The van der Waals surface area contributed by atoms with E-state index < -0.39 is 73.7 Å². The number of rotatable bonds is 9. The zero-order valence-corrected chi connectivity index (χ0v) is 23.7. The van der Waals surface area contributed by atoms with E-state index in [0.29, 0.717) is 34.3 Å². The molecule has 0 bridgehead atoms. The highest BCUT2D eigenvalue weighted by Crippen LogP contribution is 2.33. The highest BCUT2D eigenvalue weighted by Gasteiger charge is 2.50. The number of hydrogen-bond donors (Lipinski definition) is 8. The summed E-state index contributed by atoms with van der Waals surface area (Å²) in [5.41, 5.74) is -0.581. The first-order chi connectivity index (χ1) is 19.4. The third-order valence-electron chi connectivity index (χ3n) is 7.42. The Kier molecular flexibility index (Phi) is 10.3. The molecule has 13 nitrogen and oxygen atoms in total. The number of carbonyl (C=O) groups is 1. The van der Waals surface area contributed by atoms with Gasteiger partial charge >= 0.3 is 0 Å². The predicted octanol–water partition coefficient (Wildman–Crippen LogP) is -0.707. The van der Waals surface area contributed by atoms with E-state index in [-0.39, 0.29) is 18.4 Å². The SMILES string of the molecule is CCCc1c(C(=O)N[C@H]2[C@@H](O[C@@H]3C[C@](O)(CO)C[C@@H](O)[C@H]3O)O[C@H](CO)[C@@H](O)[C@@H]2O)cnn1-c1cc(Cl)cc(Cl)c1. The van der Waals surface area contributed by atoms with Crippen molar-refractivity contribution in [2.24, 2.45) is 0 Å². The molecule has 15 heteroatoms. The first kappa shape index (κ1) is 32.0. The quantitative estimate of drug-likeness (QED) is 0.176. The number of aliphatic hydroxyl groups is 7. The number of amides is 1. The molecule has 2 aliphatic rings. The van der Waals surface area contributed by atoms with Gasteiger partial charge in [-0.15, -0.1) is 0 Å². The fourth-order valence-electron chi connectivity index (χ4n) is 5.27. The molecule has 1 aliphatic heterocycles. The van der Waals surface area contributed by atoms with Crippen LogP contribution in [0.5, 0.6) is 0 Å². The minimum absolute atomic E-state index is 0.149. The molecular weight excluding hydrogens is 585 g/mol. The number of halogens is 2. The summed E-state index contributed by atoms with van der Waals surface area (Å²) in [5.74, 6) is -0.695. The lowest BCUT2D eigenvalue weighted by Gasteiger charge is -2.46. The molecule has 9 atom stereocenters. The first-order valence-corrected chi connectivity index (χ1v) is 14.0. The average molecular weight is 620 g/mol. The maximum atomic E-state index is 13.6. The molecule has 8 N–H and O–H groups in total. The minimum atomic E-state index is -1.77. The van der Waals surface area contributed by atoms with Crippen molar-refractivity contribution in [3.8, 4) is 5.69 Å². The molecular formula is C26H35Cl2N3O10. The summed E-state index contributed by atoms with van der Waals surface area (Å²) in [6.07, 6.45) is -8.61. The molecule has 1 saturated carbocycles. The van der Waals surface area contributed by atoms with Crippen LogP contribution < -0.4 is 5.32 Å². The molecule has 1 amide bonds. The lowest BCUT2D eigenvalue weighted by atomic mass is 9.80. The van der Waals surface area contributed by atoms with Crippen LogP contribution >= 0.6 is 23.2 Å². The van der Waals surface area contributed by atoms with Gasteiger partial charge in [-0.3, -0.25) is 4.79 Å². The normalized spacial score (nSPS) is 34.0. The third-order valence-corrected chi connectivity index (χ3v) is 7.86. The van der Waals surface area contributed by atoms with E-state index in [4.69, 9.17) is 32.7 Å². The monoisotopic (exact) mass is 619 g/mol. The van der Waals surface area contributed by atoms with Gasteiger partial charge in [0.25, 0.3) is 5.91 Å². The van der Waals surface area contributed by atoms with Gasteiger partial charge in [0.1, 0.15) is 30.5 Å². The second-order valence-electron chi connectivity index (χ2n) is 10.5. The van der Waals surface area contributed by atoms with E-state index in [9.17, 15) is 40.5 Å². The van der Waals surface area contributed by atoms with Gasteiger partial charge in [-0.25, -0.2) is 4.68 Å². The van der Waals surface area contributed by atoms with Crippen LogP contribution in [0, 0.1) is 0 Å². The predicted molar refractivity (Wildman–Crippen MR) is 145 cm³/mol. The second kappa shape index (κ2) is 13.2. The molecule has 2 heterocycles. The van der Waals surface area contributed by atoms with Gasteiger partial charge in [-0.05, 0) is 24.6 Å². The summed E-state index contributed by atoms with van der Waals surface area (Å²) in [7, 11) is 0. The van der Waals surface area contributed by atoms with Crippen molar-refractivity contribution in [3.63, 3.8) is 0 Å². The second-order valence-corrected chi connectivity index (χ2v) is 11.4. The standard InChI is InChI=1S/C26H35Cl2N3O10/c1-2-3-16-15(9-29-31(16)14-5-12(27)4-13(28)6-14)24(38)30-20-23(37)22(36)19(10-32)41-25(20)40-18-8-26(39,11-33)7-17(34)21(18)35/h4-6,9,17-23,25,32-37,39H,2-3,7-8,10-11H2,1H3,(H,30,38)/t17-,18-,19-,20-,21-,22-,23-,25+,26+/m1/s1. The van der Waals surface area contributed by atoms with Crippen molar-refractivity contribution in [3.05, 3.63) is 45.7 Å². The van der Waals surface area contributed by atoms with Crippen LogP contribution in [0.1, 0.15) is 42.2 Å². The van der Waals surface area contributed by atoms with E-state index in [0.717, 1.165) is 0 Å². The summed E-state index contributed by atoms with van der Waals surface area (Å²) in [5, 5.41) is 79.8. The molecule has 41 heavy (non-hydrogen) atoms. The van der Waals surface area contributed by atoms with Crippen LogP contribution in [0.25, 0.3) is 5.69 Å². The molecule has 1 saturated heterocycles. The van der Waals surface area contributed by atoms with Crippen molar-refractivity contribution in [1.82, 2.24) is 15.1 Å². The zero-order chi connectivity index (χ0) is 30.1. The summed E-state index contributed by atoms with van der Waals surface area (Å²) in [4.78, 5) is 13.6. The van der Waals surface area contributed by atoms with Crippen LogP contribution in [0.4, 0.5) is 0 Å². The highest BCUT2D eigenvalue weighted by molar-refractivity contribution is 6.34. The molecule has 2 fully saturated rings. The molecule has 228 valence electrons. The van der Waals surface area contributed by atoms with Gasteiger partial charge in [-0.1, -0.05) is 36.5 Å². The molecule has 0 radical (unpaired) electrons. The molecule has 0 unspecified atom stereocenters. The highest BCUT2D eigenvalue weighted by atomic mass is 35.5. The van der Waals surface area contributed by atoms with Gasteiger partial charge in [0.2, 0.25) is 0 Å². The number of nitrogens with zero attached hydrogens (tertiary/aromatic N) is 2. The van der Waals surface area contributed by atoms with E-state index in [1.807, 2.05) is 6.92 Å². The summed E-state index contributed by atoms with van der Waals surface area (Å²) in [6.45, 7) is 0.491. The van der Waals surface area contributed by atoms with Crippen molar-refractivity contribution in [2.75, 3.05) is 13.2 Å². The number of nitrogens with one attached hydrogen (secondary N) is 1. The Morgan fingerprint density at radius 3 is 2.41 bits per heavy atom. The molecule has 0 spiro atoms. The lowest BCUT2D eigenvalue weighted by molar-refractivity contribution is -0.302. The Labute approximate surface area is 245 Å². The third kappa shape index (κ3) is 6.86. The lowest BCUT2D eigenvalue weighted by Crippen LogP contribution is -2.66. The van der Waals surface area contributed by atoms with Crippen molar-refractivity contribution < 1.29 is 50.0 Å². The van der Waals surface area contributed by atoms with E-state index >= 15 is 0 Å². The maximum absolute atomic E-state index is 13.6. The first-order valence-electron chi connectivity index (χ1n) is 13.2. The molecule has 1 aromatic carbocycles. The minimum Gasteiger partial charge on any atom is -0.394 e. The molecule has 2 aromatic rings. The van der Waals surface area contributed by atoms with Crippen LogP contribution in [0.3, 0.4) is 0 Å². The van der Waals surface area contributed by atoms with Gasteiger partial charge in [0.15, 0.2) is 6.29 Å². The average Bonchev–Trinajstić information content (AvgIpc) is 3.34. The maximum Gasteiger partial charge on any atom is 0.255 e. The van der Waals surface area contributed by atoms with E-state index in [1.165, 1.54) is 10.9 Å². The fourth-order valence-corrected chi connectivity index (χ4v) is 5.79. The van der Waals surface area contributed by atoms with Gasteiger partial charge < -0.3 is 50.5 Å². The van der Waals surface area contributed by atoms with Gasteiger partial charge in [0, 0.05) is 22.9 Å². The molecule has 4 rings (SSSR count). The smallest absolute Gasteiger partial charge is 0.255 e. The number of aromatic nitrogens is 2. The Balaban J connectivity index is 1.63. The van der Waals surface area contributed by atoms with Crippen molar-refractivity contribution in [1.29, 1.82) is 0 Å². The van der Waals surface area contributed by atoms with Gasteiger partial charge in [0.05, 0.1) is 54.2 Å².